The molecular weight excluding hydrogens is 242 g/mol. The largest absolute Gasteiger partial charge is 0.473 e. The zero-order valence-electron chi connectivity index (χ0n) is 10.6. The Balaban J connectivity index is 1.76. The predicted octanol–water partition coefficient (Wildman–Crippen LogP) is 2.55. The summed E-state index contributed by atoms with van der Waals surface area (Å²) in [5.41, 5.74) is 1.03. The normalized spacial score (nSPS) is 9.74. The number of aromatic nitrogens is 1. The van der Waals surface area contributed by atoms with E-state index in [1.807, 2.05) is 43.3 Å². The van der Waals surface area contributed by atoms with Gasteiger partial charge in [0.25, 0.3) is 0 Å². The van der Waals surface area contributed by atoms with Gasteiger partial charge in [-0.05, 0) is 36.8 Å². The number of rotatable bonds is 4. The quantitative estimate of drug-likeness (QED) is 0.827. The molecule has 2 N–H and O–H groups in total. The number of ether oxygens (including phenoxy) is 1. The van der Waals surface area contributed by atoms with E-state index in [0.717, 1.165) is 5.56 Å². The molecule has 0 fully saturated rings. The van der Waals surface area contributed by atoms with Gasteiger partial charge in [-0.15, -0.1) is 0 Å². The number of carbonyl (C=O) groups excluding carboxylic acids is 1. The molecule has 0 bridgehead atoms. The van der Waals surface area contributed by atoms with Gasteiger partial charge in [0.15, 0.2) is 6.73 Å². The van der Waals surface area contributed by atoms with Crippen LogP contribution in [0.25, 0.3) is 0 Å². The van der Waals surface area contributed by atoms with Crippen molar-refractivity contribution in [1.29, 1.82) is 0 Å². The summed E-state index contributed by atoms with van der Waals surface area (Å²) in [5, 5.41) is 5.21. The molecular formula is C14H15N3O2. The number of urea groups is 1. The second kappa shape index (κ2) is 6.39. The molecule has 2 aromatic rings. The first-order valence-corrected chi connectivity index (χ1v) is 5.89. The van der Waals surface area contributed by atoms with E-state index >= 15 is 0 Å². The summed E-state index contributed by atoms with van der Waals surface area (Å²) in [5.74, 6) is 1.22. The molecule has 1 aromatic heterocycles. The second-order valence-electron chi connectivity index (χ2n) is 3.95. The van der Waals surface area contributed by atoms with Crippen LogP contribution in [0, 0.1) is 6.92 Å². The Morgan fingerprint density at radius 1 is 1.26 bits per heavy atom. The highest BCUT2D eigenvalue weighted by molar-refractivity contribution is 5.88. The van der Waals surface area contributed by atoms with Gasteiger partial charge in [0.1, 0.15) is 11.6 Å². The van der Waals surface area contributed by atoms with Gasteiger partial charge < -0.3 is 10.1 Å². The van der Waals surface area contributed by atoms with Crippen LogP contribution in [0.1, 0.15) is 5.56 Å². The Bertz CT molecular complexity index is 543. The lowest BCUT2D eigenvalue weighted by molar-refractivity contribution is 0.234. The van der Waals surface area contributed by atoms with Crippen LogP contribution in [-0.4, -0.2) is 17.7 Å². The summed E-state index contributed by atoms with van der Waals surface area (Å²) < 4.78 is 5.35. The third-order valence-corrected chi connectivity index (χ3v) is 2.37. The lowest BCUT2D eigenvalue weighted by atomic mass is 10.3. The first-order valence-electron chi connectivity index (χ1n) is 5.89. The molecule has 0 radical (unpaired) electrons. The van der Waals surface area contributed by atoms with E-state index < -0.39 is 0 Å². The molecule has 98 valence electrons. The number of nitrogens with zero attached hydrogens (tertiary/aromatic N) is 1. The van der Waals surface area contributed by atoms with Crippen molar-refractivity contribution >= 4 is 11.8 Å². The monoisotopic (exact) mass is 257 g/mol. The van der Waals surface area contributed by atoms with E-state index in [2.05, 4.69) is 15.6 Å². The molecule has 0 unspecified atom stereocenters. The molecule has 0 saturated heterocycles. The Morgan fingerprint density at radius 3 is 2.79 bits per heavy atom. The molecule has 5 nitrogen and oxygen atoms in total. The van der Waals surface area contributed by atoms with Gasteiger partial charge in [0.2, 0.25) is 0 Å². The average Bonchev–Trinajstić information content (AvgIpc) is 2.40. The number of benzene rings is 1. The number of hydrogen-bond donors (Lipinski definition) is 2. The first-order chi connectivity index (χ1) is 9.24. The van der Waals surface area contributed by atoms with Crippen LogP contribution >= 0.6 is 0 Å². The van der Waals surface area contributed by atoms with Crippen molar-refractivity contribution in [2.75, 3.05) is 12.0 Å². The lowest BCUT2D eigenvalue weighted by Gasteiger charge is -2.09. The first kappa shape index (κ1) is 12.9. The molecule has 19 heavy (non-hydrogen) atoms. The van der Waals surface area contributed by atoms with Gasteiger partial charge in [-0.2, -0.15) is 0 Å². The van der Waals surface area contributed by atoms with Crippen LogP contribution in [0.5, 0.6) is 5.75 Å². The smallest absolute Gasteiger partial charge is 0.323 e. The molecule has 1 heterocycles. The van der Waals surface area contributed by atoms with Crippen molar-refractivity contribution in [1.82, 2.24) is 10.3 Å². The molecule has 0 saturated carbocycles. The van der Waals surface area contributed by atoms with E-state index in [1.165, 1.54) is 0 Å². The van der Waals surface area contributed by atoms with Crippen LogP contribution in [0.2, 0.25) is 0 Å². The summed E-state index contributed by atoms with van der Waals surface area (Å²) in [7, 11) is 0. The molecule has 2 rings (SSSR count). The molecule has 0 aliphatic heterocycles. The van der Waals surface area contributed by atoms with Crippen LogP contribution in [0.15, 0.2) is 48.7 Å². The minimum Gasteiger partial charge on any atom is -0.473 e. The Hall–Kier alpha value is -2.56. The zero-order chi connectivity index (χ0) is 13.5. The highest BCUT2D eigenvalue weighted by Crippen LogP contribution is 2.07. The summed E-state index contributed by atoms with van der Waals surface area (Å²) in [6.45, 7) is 2.03. The molecule has 2 amide bonds. The van der Waals surface area contributed by atoms with Gasteiger partial charge >= 0.3 is 6.03 Å². The van der Waals surface area contributed by atoms with Crippen molar-refractivity contribution in [3.8, 4) is 5.75 Å². The molecule has 1 aromatic carbocycles. The average molecular weight is 257 g/mol. The highest BCUT2D eigenvalue weighted by atomic mass is 16.5. The van der Waals surface area contributed by atoms with Crippen molar-refractivity contribution in [3.05, 3.63) is 54.2 Å². The Kier molecular flexibility index (Phi) is 4.34. The van der Waals surface area contributed by atoms with E-state index in [4.69, 9.17) is 4.74 Å². The van der Waals surface area contributed by atoms with E-state index in [0.29, 0.717) is 11.6 Å². The van der Waals surface area contributed by atoms with Gasteiger partial charge in [-0.1, -0.05) is 18.2 Å². The number of carbonyl (C=O) groups is 1. The molecule has 0 aliphatic rings. The highest BCUT2D eigenvalue weighted by Gasteiger charge is 2.02. The molecule has 0 aliphatic carbocycles. The number of amides is 2. The fourth-order valence-electron chi connectivity index (χ4n) is 1.47. The predicted molar refractivity (Wildman–Crippen MR) is 73.1 cm³/mol. The lowest BCUT2D eigenvalue weighted by Crippen LogP contribution is -2.32. The second-order valence-corrected chi connectivity index (χ2v) is 3.95. The van der Waals surface area contributed by atoms with Crippen LogP contribution in [0.3, 0.4) is 0 Å². The fraction of sp³-hybridized carbons (Fsp3) is 0.143. The van der Waals surface area contributed by atoms with Gasteiger partial charge in [-0.3, -0.25) is 5.32 Å². The maximum Gasteiger partial charge on any atom is 0.323 e. The summed E-state index contributed by atoms with van der Waals surface area (Å²) in [6.07, 6.45) is 1.64. The van der Waals surface area contributed by atoms with Crippen LogP contribution in [-0.2, 0) is 0 Å². The standard InChI is InChI=1S/C14H15N3O2/c1-11-7-8-15-13(9-11)17-14(18)16-10-19-12-5-3-2-4-6-12/h2-9H,10H2,1H3,(H2,15,16,17,18). The van der Waals surface area contributed by atoms with Crippen molar-refractivity contribution in [3.63, 3.8) is 0 Å². The number of hydrogen-bond acceptors (Lipinski definition) is 3. The molecule has 0 atom stereocenters. The third kappa shape index (κ3) is 4.31. The van der Waals surface area contributed by atoms with Gasteiger partial charge in [0.05, 0.1) is 0 Å². The summed E-state index contributed by atoms with van der Waals surface area (Å²) in [6, 6.07) is 12.6. The van der Waals surface area contributed by atoms with Crippen molar-refractivity contribution < 1.29 is 9.53 Å². The van der Waals surface area contributed by atoms with Crippen molar-refractivity contribution in [2.24, 2.45) is 0 Å². The minimum atomic E-state index is -0.353. The topological polar surface area (TPSA) is 63.2 Å². The van der Waals surface area contributed by atoms with Crippen molar-refractivity contribution in [2.45, 2.75) is 6.92 Å². The van der Waals surface area contributed by atoms with Gasteiger partial charge in [0, 0.05) is 6.20 Å². The third-order valence-electron chi connectivity index (χ3n) is 2.37. The zero-order valence-corrected chi connectivity index (χ0v) is 10.6. The number of anilines is 1. The minimum absolute atomic E-state index is 0.0989. The number of nitrogens with one attached hydrogen (secondary N) is 2. The maximum atomic E-state index is 11.6. The van der Waals surface area contributed by atoms with Crippen LogP contribution < -0.4 is 15.4 Å². The summed E-state index contributed by atoms with van der Waals surface area (Å²) in [4.78, 5) is 15.6. The fourth-order valence-corrected chi connectivity index (χ4v) is 1.47. The maximum absolute atomic E-state index is 11.6. The van der Waals surface area contributed by atoms with E-state index in [1.54, 1.807) is 12.3 Å². The molecule has 5 heteroatoms. The summed E-state index contributed by atoms with van der Waals surface area (Å²) >= 11 is 0. The van der Waals surface area contributed by atoms with E-state index in [9.17, 15) is 4.79 Å². The van der Waals surface area contributed by atoms with Crippen LogP contribution in [0.4, 0.5) is 10.6 Å². The van der Waals surface area contributed by atoms with Gasteiger partial charge in [-0.25, -0.2) is 9.78 Å². The van der Waals surface area contributed by atoms with E-state index in [-0.39, 0.29) is 12.8 Å². The number of pyridine rings is 1. The SMILES string of the molecule is Cc1ccnc(NC(=O)NCOc2ccccc2)c1. The Morgan fingerprint density at radius 2 is 2.05 bits per heavy atom. The number of aryl methyl sites for hydroxylation is 1. The Labute approximate surface area is 111 Å². The number of para-hydroxylation sites is 1. The molecule has 0 spiro atoms.